The number of ether oxygens (including phenoxy) is 1. The summed E-state index contributed by atoms with van der Waals surface area (Å²) >= 11 is 0. The second-order valence-corrected chi connectivity index (χ2v) is 7.73. The van der Waals surface area contributed by atoms with Gasteiger partial charge in [0.25, 0.3) is 0 Å². The molecule has 3 aromatic heterocycles. The lowest BCUT2D eigenvalue weighted by Crippen LogP contribution is -2.08. The average molecular weight is 456 g/mol. The van der Waals surface area contributed by atoms with Gasteiger partial charge in [0.05, 0.1) is 23.7 Å². The summed E-state index contributed by atoms with van der Waals surface area (Å²) < 4.78 is 8.59. The molecule has 1 aromatic carbocycles. The van der Waals surface area contributed by atoms with Crippen LogP contribution in [0.1, 0.15) is 39.8 Å². The highest BCUT2D eigenvalue weighted by molar-refractivity contribution is 5.92. The molecule has 172 valence electrons. The number of nitrogens with zero attached hydrogens (tertiary/aromatic N) is 6. The minimum atomic E-state index is -0.400. The third kappa shape index (κ3) is 4.13. The molecule has 0 aliphatic rings. The lowest BCUT2D eigenvalue weighted by molar-refractivity contribution is 0.0524. The molecule has 0 spiro atoms. The quantitative estimate of drug-likeness (QED) is 0.348. The molecule has 0 aliphatic heterocycles. The van der Waals surface area contributed by atoms with Crippen LogP contribution in [0.3, 0.4) is 0 Å². The Bertz CT molecular complexity index is 1410. The standard InChI is InChI=1S/C25H25N7O2/c1-7-18-9-11-19(12-10-18)23-15(3)24(30-31(23)6)28-20-13-21(27-14-26-20)32-17(5)22(16(4)29-32)25(33)34-8-2/h1,9-14H,8H2,2-6H3,(H,26,27,28,30). The average Bonchev–Trinajstić information content (AvgIpc) is 3.28. The summed E-state index contributed by atoms with van der Waals surface area (Å²) in [5, 5.41) is 12.4. The molecule has 1 N–H and O–H groups in total. The predicted molar refractivity (Wildman–Crippen MR) is 129 cm³/mol. The fourth-order valence-corrected chi connectivity index (χ4v) is 3.89. The number of esters is 1. The van der Waals surface area contributed by atoms with Crippen molar-refractivity contribution >= 4 is 17.6 Å². The van der Waals surface area contributed by atoms with Crippen molar-refractivity contribution in [3.05, 3.63) is 64.7 Å². The molecule has 9 heteroatoms. The third-order valence-electron chi connectivity index (χ3n) is 5.50. The highest BCUT2D eigenvalue weighted by Gasteiger charge is 2.21. The van der Waals surface area contributed by atoms with Gasteiger partial charge >= 0.3 is 5.97 Å². The number of anilines is 2. The first-order valence-corrected chi connectivity index (χ1v) is 10.8. The van der Waals surface area contributed by atoms with Gasteiger partial charge in [0.2, 0.25) is 0 Å². The van der Waals surface area contributed by atoms with Crippen molar-refractivity contribution in [1.82, 2.24) is 29.5 Å². The Morgan fingerprint density at radius 1 is 1.15 bits per heavy atom. The molecule has 3 heterocycles. The Morgan fingerprint density at radius 2 is 1.88 bits per heavy atom. The topological polar surface area (TPSA) is 99.8 Å². The number of rotatable bonds is 6. The van der Waals surface area contributed by atoms with Gasteiger partial charge in [0.1, 0.15) is 17.7 Å². The zero-order valence-corrected chi connectivity index (χ0v) is 19.7. The molecule has 0 bridgehead atoms. The van der Waals surface area contributed by atoms with Gasteiger partial charge < -0.3 is 10.1 Å². The molecule has 9 nitrogen and oxygen atoms in total. The van der Waals surface area contributed by atoms with E-state index in [1.807, 2.05) is 49.8 Å². The SMILES string of the molecule is C#Cc1ccc(-c2c(C)c(Nc3cc(-n4nc(C)c(C(=O)OCC)c4C)ncn3)nn2C)cc1. The van der Waals surface area contributed by atoms with E-state index in [0.29, 0.717) is 41.0 Å². The van der Waals surface area contributed by atoms with Crippen LogP contribution >= 0.6 is 0 Å². The summed E-state index contributed by atoms with van der Waals surface area (Å²) in [4.78, 5) is 21.0. The van der Waals surface area contributed by atoms with Crippen LogP contribution in [0.4, 0.5) is 11.6 Å². The maximum atomic E-state index is 12.3. The van der Waals surface area contributed by atoms with Crippen LogP contribution in [-0.2, 0) is 11.8 Å². The molecule has 4 rings (SSSR count). The van der Waals surface area contributed by atoms with Crippen molar-refractivity contribution in [2.75, 3.05) is 11.9 Å². The predicted octanol–water partition coefficient (Wildman–Crippen LogP) is 3.89. The number of aryl methyl sites for hydroxylation is 2. The molecular formula is C25H25N7O2. The van der Waals surface area contributed by atoms with Gasteiger partial charge in [0, 0.05) is 29.8 Å². The maximum absolute atomic E-state index is 12.3. The van der Waals surface area contributed by atoms with Gasteiger partial charge in [-0.15, -0.1) is 6.42 Å². The lowest BCUT2D eigenvalue weighted by atomic mass is 10.1. The summed E-state index contributed by atoms with van der Waals surface area (Å²) in [5.74, 6) is 3.97. The monoisotopic (exact) mass is 455 g/mol. The first-order valence-electron chi connectivity index (χ1n) is 10.8. The molecule has 34 heavy (non-hydrogen) atoms. The number of hydrogen-bond acceptors (Lipinski definition) is 7. The molecule has 0 fully saturated rings. The minimum absolute atomic E-state index is 0.296. The van der Waals surface area contributed by atoms with E-state index < -0.39 is 5.97 Å². The second-order valence-electron chi connectivity index (χ2n) is 7.73. The fraction of sp³-hybridized carbons (Fsp3) is 0.240. The summed E-state index contributed by atoms with van der Waals surface area (Å²) in [7, 11) is 1.89. The van der Waals surface area contributed by atoms with Gasteiger partial charge in [-0.3, -0.25) is 4.68 Å². The summed E-state index contributed by atoms with van der Waals surface area (Å²) in [6.45, 7) is 7.64. The number of aromatic nitrogens is 6. The van der Waals surface area contributed by atoms with Crippen LogP contribution in [0.25, 0.3) is 17.1 Å². The van der Waals surface area contributed by atoms with Crippen LogP contribution in [0.2, 0.25) is 0 Å². The van der Waals surface area contributed by atoms with Gasteiger partial charge in [-0.1, -0.05) is 18.1 Å². The second kappa shape index (κ2) is 9.19. The van der Waals surface area contributed by atoms with Crippen molar-refractivity contribution in [3.63, 3.8) is 0 Å². The maximum Gasteiger partial charge on any atom is 0.341 e. The van der Waals surface area contributed by atoms with Crippen LogP contribution in [0, 0.1) is 33.1 Å². The molecule has 0 saturated heterocycles. The lowest BCUT2D eigenvalue weighted by Gasteiger charge is -2.08. The van der Waals surface area contributed by atoms with Gasteiger partial charge in [-0.2, -0.15) is 10.2 Å². The van der Waals surface area contributed by atoms with E-state index in [0.717, 1.165) is 22.4 Å². The minimum Gasteiger partial charge on any atom is -0.462 e. The molecule has 0 amide bonds. The van der Waals surface area contributed by atoms with Crippen molar-refractivity contribution in [2.24, 2.45) is 7.05 Å². The van der Waals surface area contributed by atoms with Crippen LogP contribution < -0.4 is 5.32 Å². The number of hydrogen-bond donors (Lipinski definition) is 1. The molecule has 4 aromatic rings. The van der Waals surface area contributed by atoms with E-state index >= 15 is 0 Å². The van der Waals surface area contributed by atoms with Crippen molar-refractivity contribution < 1.29 is 9.53 Å². The Hall–Kier alpha value is -4.45. The van der Waals surface area contributed by atoms with Gasteiger partial charge in [-0.25, -0.2) is 19.4 Å². The van der Waals surface area contributed by atoms with Crippen molar-refractivity contribution in [2.45, 2.75) is 27.7 Å². The molecular weight excluding hydrogens is 430 g/mol. The Kier molecular flexibility index (Phi) is 6.15. The Balaban J connectivity index is 1.65. The number of carbonyl (C=O) groups excluding carboxylic acids is 1. The number of terminal acetylenes is 1. The van der Waals surface area contributed by atoms with Crippen LogP contribution in [-0.4, -0.2) is 42.1 Å². The Morgan fingerprint density at radius 3 is 2.56 bits per heavy atom. The van der Waals surface area contributed by atoms with Gasteiger partial charge in [-0.05, 0) is 39.8 Å². The van der Waals surface area contributed by atoms with Crippen LogP contribution in [0.15, 0.2) is 36.7 Å². The molecule has 0 aliphatic carbocycles. The van der Waals surface area contributed by atoms with E-state index in [4.69, 9.17) is 11.2 Å². The highest BCUT2D eigenvalue weighted by Crippen LogP contribution is 2.30. The first-order chi connectivity index (χ1) is 16.3. The number of carbonyl (C=O) groups is 1. The van der Waals surface area contributed by atoms with Gasteiger partial charge in [0.15, 0.2) is 11.6 Å². The first kappa shape index (κ1) is 22.7. The van der Waals surface area contributed by atoms with Crippen molar-refractivity contribution in [3.8, 4) is 29.4 Å². The molecule has 0 unspecified atom stereocenters. The fourth-order valence-electron chi connectivity index (χ4n) is 3.89. The number of benzene rings is 1. The molecule has 0 radical (unpaired) electrons. The van der Waals surface area contributed by atoms with Crippen molar-refractivity contribution in [1.29, 1.82) is 0 Å². The van der Waals surface area contributed by atoms with E-state index in [9.17, 15) is 4.79 Å². The van der Waals surface area contributed by atoms with E-state index in [1.54, 1.807) is 24.6 Å². The highest BCUT2D eigenvalue weighted by atomic mass is 16.5. The van der Waals surface area contributed by atoms with Crippen LogP contribution in [0.5, 0.6) is 0 Å². The van der Waals surface area contributed by atoms with E-state index in [-0.39, 0.29) is 0 Å². The molecule has 0 atom stereocenters. The number of nitrogens with one attached hydrogen (secondary N) is 1. The van der Waals surface area contributed by atoms with E-state index in [1.165, 1.54) is 6.33 Å². The summed E-state index contributed by atoms with van der Waals surface area (Å²) in [5.41, 5.74) is 5.43. The largest absolute Gasteiger partial charge is 0.462 e. The Labute approximate surface area is 197 Å². The zero-order valence-electron chi connectivity index (χ0n) is 19.7. The zero-order chi connectivity index (χ0) is 24.4. The summed E-state index contributed by atoms with van der Waals surface area (Å²) in [6, 6.07) is 9.53. The third-order valence-corrected chi connectivity index (χ3v) is 5.50. The molecule has 0 saturated carbocycles. The smallest absolute Gasteiger partial charge is 0.341 e. The normalized spacial score (nSPS) is 10.7. The summed E-state index contributed by atoms with van der Waals surface area (Å²) in [6.07, 6.45) is 6.91. The van der Waals surface area contributed by atoms with E-state index in [2.05, 4.69) is 31.4 Å².